The first-order chi connectivity index (χ1) is 9.38. The second kappa shape index (κ2) is 8.05. The number of aryl methyl sites for hydroxylation is 2. The topological polar surface area (TPSA) is 49.3 Å². The molecule has 0 saturated heterocycles. The highest BCUT2D eigenvalue weighted by atomic mass is 16.4. The minimum atomic E-state index is -0.739. The molecule has 1 atom stereocenters. The van der Waals surface area contributed by atoms with Crippen LogP contribution in [0.2, 0.25) is 0 Å². The standard InChI is InChI=1S/C17H27NO2/c1-12(2)7-8-18-16(11-17(19)20)10-15-6-5-13(3)9-14(15)4/h5-6,9,12,16,18H,7-8,10-11H2,1-4H3,(H,19,20). The molecule has 0 aliphatic heterocycles. The van der Waals surface area contributed by atoms with Crippen LogP contribution in [0.3, 0.4) is 0 Å². The molecule has 0 heterocycles. The summed E-state index contributed by atoms with van der Waals surface area (Å²) in [6.45, 7) is 9.40. The van der Waals surface area contributed by atoms with Gasteiger partial charge in [-0.05, 0) is 50.3 Å². The van der Waals surface area contributed by atoms with Crippen molar-refractivity contribution in [2.24, 2.45) is 5.92 Å². The maximum Gasteiger partial charge on any atom is 0.304 e. The first-order valence-corrected chi connectivity index (χ1v) is 7.39. The third kappa shape index (κ3) is 6.20. The second-order valence-electron chi connectivity index (χ2n) is 6.07. The molecule has 0 saturated carbocycles. The Balaban J connectivity index is 2.65. The highest BCUT2D eigenvalue weighted by molar-refractivity contribution is 5.67. The average Bonchev–Trinajstić information content (AvgIpc) is 2.31. The van der Waals surface area contributed by atoms with Crippen LogP contribution in [0.4, 0.5) is 0 Å². The van der Waals surface area contributed by atoms with Crippen LogP contribution >= 0.6 is 0 Å². The molecule has 1 aromatic carbocycles. The number of carboxylic acids is 1. The third-order valence-electron chi connectivity index (χ3n) is 3.54. The van der Waals surface area contributed by atoms with Crippen LogP contribution < -0.4 is 5.32 Å². The summed E-state index contributed by atoms with van der Waals surface area (Å²) in [5, 5.41) is 12.4. The van der Waals surface area contributed by atoms with Crippen LogP contribution in [-0.4, -0.2) is 23.7 Å². The van der Waals surface area contributed by atoms with E-state index in [1.807, 2.05) is 0 Å². The molecule has 0 radical (unpaired) electrons. The SMILES string of the molecule is Cc1ccc(CC(CC(=O)O)NCCC(C)C)c(C)c1. The van der Waals surface area contributed by atoms with Gasteiger partial charge in [-0.2, -0.15) is 0 Å². The molecule has 3 heteroatoms. The number of benzene rings is 1. The molecule has 0 amide bonds. The van der Waals surface area contributed by atoms with Gasteiger partial charge >= 0.3 is 5.97 Å². The fourth-order valence-corrected chi connectivity index (χ4v) is 2.34. The van der Waals surface area contributed by atoms with Crippen LogP contribution in [-0.2, 0) is 11.2 Å². The Labute approximate surface area is 122 Å². The van der Waals surface area contributed by atoms with Gasteiger partial charge in [0.1, 0.15) is 0 Å². The van der Waals surface area contributed by atoms with E-state index in [0.29, 0.717) is 5.92 Å². The van der Waals surface area contributed by atoms with E-state index in [1.54, 1.807) is 0 Å². The Morgan fingerprint density at radius 3 is 2.55 bits per heavy atom. The van der Waals surface area contributed by atoms with Crippen LogP contribution in [0, 0.1) is 19.8 Å². The number of hydrogen-bond acceptors (Lipinski definition) is 2. The normalized spacial score (nSPS) is 12.7. The Morgan fingerprint density at radius 1 is 1.30 bits per heavy atom. The van der Waals surface area contributed by atoms with E-state index in [1.165, 1.54) is 16.7 Å². The van der Waals surface area contributed by atoms with E-state index in [9.17, 15) is 4.79 Å². The van der Waals surface area contributed by atoms with Gasteiger partial charge in [0, 0.05) is 6.04 Å². The molecule has 1 aromatic rings. The molecule has 20 heavy (non-hydrogen) atoms. The van der Waals surface area contributed by atoms with Crippen molar-refractivity contribution in [2.45, 2.75) is 53.0 Å². The molecule has 2 N–H and O–H groups in total. The van der Waals surface area contributed by atoms with Crippen LogP contribution in [0.25, 0.3) is 0 Å². The highest BCUT2D eigenvalue weighted by Crippen LogP contribution is 2.14. The fourth-order valence-electron chi connectivity index (χ4n) is 2.34. The van der Waals surface area contributed by atoms with E-state index in [-0.39, 0.29) is 12.5 Å². The minimum Gasteiger partial charge on any atom is -0.481 e. The summed E-state index contributed by atoms with van der Waals surface area (Å²) >= 11 is 0. The fraction of sp³-hybridized carbons (Fsp3) is 0.588. The first-order valence-electron chi connectivity index (χ1n) is 7.39. The van der Waals surface area contributed by atoms with E-state index in [0.717, 1.165) is 19.4 Å². The van der Waals surface area contributed by atoms with Crippen LogP contribution in [0.15, 0.2) is 18.2 Å². The Kier molecular flexibility index (Phi) is 6.73. The van der Waals surface area contributed by atoms with E-state index in [4.69, 9.17) is 5.11 Å². The zero-order valence-electron chi connectivity index (χ0n) is 13.1. The Bertz CT molecular complexity index is 441. The molecule has 112 valence electrons. The van der Waals surface area contributed by atoms with Crippen molar-refractivity contribution in [2.75, 3.05) is 6.54 Å². The van der Waals surface area contributed by atoms with Gasteiger partial charge in [-0.3, -0.25) is 4.79 Å². The Morgan fingerprint density at radius 2 is 2.00 bits per heavy atom. The monoisotopic (exact) mass is 277 g/mol. The molecule has 0 fully saturated rings. The molecule has 1 unspecified atom stereocenters. The van der Waals surface area contributed by atoms with E-state index < -0.39 is 5.97 Å². The quantitative estimate of drug-likeness (QED) is 0.766. The number of carbonyl (C=O) groups is 1. The van der Waals surface area contributed by atoms with Crippen molar-refractivity contribution >= 4 is 5.97 Å². The van der Waals surface area contributed by atoms with Gasteiger partial charge in [-0.15, -0.1) is 0 Å². The second-order valence-corrected chi connectivity index (χ2v) is 6.07. The van der Waals surface area contributed by atoms with E-state index in [2.05, 4.69) is 51.2 Å². The summed E-state index contributed by atoms with van der Waals surface area (Å²) in [4.78, 5) is 11.0. The van der Waals surface area contributed by atoms with Crippen LogP contribution in [0.5, 0.6) is 0 Å². The summed E-state index contributed by atoms with van der Waals surface area (Å²) < 4.78 is 0. The molecule has 1 rings (SSSR count). The zero-order valence-corrected chi connectivity index (χ0v) is 13.1. The van der Waals surface area contributed by atoms with Crippen LogP contribution in [0.1, 0.15) is 43.4 Å². The maximum atomic E-state index is 11.0. The highest BCUT2D eigenvalue weighted by Gasteiger charge is 2.14. The van der Waals surface area contributed by atoms with Gasteiger partial charge in [-0.25, -0.2) is 0 Å². The molecular weight excluding hydrogens is 250 g/mol. The molecule has 0 aliphatic rings. The molecule has 3 nitrogen and oxygen atoms in total. The van der Waals surface area contributed by atoms with Crippen molar-refractivity contribution in [1.82, 2.24) is 5.32 Å². The molecule has 0 bridgehead atoms. The van der Waals surface area contributed by atoms with Gasteiger partial charge in [0.25, 0.3) is 0 Å². The average molecular weight is 277 g/mol. The smallest absolute Gasteiger partial charge is 0.304 e. The van der Waals surface area contributed by atoms with Gasteiger partial charge in [0.2, 0.25) is 0 Å². The molecule has 0 aromatic heterocycles. The lowest BCUT2D eigenvalue weighted by Gasteiger charge is -2.19. The predicted molar refractivity (Wildman–Crippen MR) is 83.1 cm³/mol. The first kappa shape index (κ1) is 16.7. The van der Waals surface area contributed by atoms with Crippen molar-refractivity contribution in [3.63, 3.8) is 0 Å². The van der Waals surface area contributed by atoms with Crippen molar-refractivity contribution < 1.29 is 9.90 Å². The summed E-state index contributed by atoms with van der Waals surface area (Å²) in [5.41, 5.74) is 3.72. The molecular formula is C17H27NO2. The third-order valence-corrected chi connectivity index (χ3v) is 3.54. The largest absolute Gasteiger partial charge is 0.481 e. The molecule has 0 aliphatic carbocycles. The summed E-state index contributed by atoms with van der Waals surface area (Å²) in [6, 6.07) is 6.37. The lowest BCUT2D eigenvalue weighted by molar-refractivity contribution is -0.137. The lowest BCUT2D eigenvalue weighted by Crippen LogP contribution is -2.34. The van der Waals surface area contributed by atoms with Crippen molar-refractivity contribution in [1.29, 1.82) is 0 Å². The number of hydrogen-bond donors (Lipinski definition) is 2. The van der Waals surface area contributed by atoms with Crippen molar-refractivity contribution in [3.8, 4) is 0 Å². The van der Waals surface area contributed by atoms with Gasteiger partial charge in [-0.1, -0.05) is 37.6 Å². The number of carboxylic acid groups (broad SMARTS) is 1. The minimum absolute atomic E-state index is 0.00709. The Hall–Kier alpha value is -1.35. The predicted octanol–water partition coefficient (Wildman–Crippen LogP) is 3.32. The zero-order chi connectivity index (χ0) is 15.1. The number of nitrogens with one attached hydrogen (secondary N) is 1. The van der Waals surface area contributed by atoms with Gasteiger partial charge in [0.15, 0.2) is 0 Å². The van der Waals surface area contributed by atoms with E-state index >= 15 is 0 Å². The maximum absolute atomic E-state index is 11.0. The number of aliphatic carboxylic acids is 1. The summed E-state index contributed by atoms with van der Waals surface area (Å²) in [6.07, 6.45) is 2.02. The van der Waals surface area contributed by atoms with Crippen molar-refractivity contribution in [3.05, 3.63) is 34.9 Å². The van der Waals surface area contributed by atoms with Gasteiger partial charge in [0.05, 0.1) is 6.42 Å². The summed E-state index contributed by atoms with van der Waals surface area (Å²) in [7, 11) is 0. The van der Waals surface area contributed by atoms with Gasteiger partial charge < -0.3 is 10.4 Å². The summed E-state index contributed by atoms with van der Waals surface area (Å²) in [5.74, 6) is -0.106. The number of rotatable bonds is 8. The molecule has 0 spiro atoms. The lowest BCUT2D eigenvalue weighted by atomic mass is 9.97.